The van der Waals surface area contributed by atoms with E-state index in [9.17, 15) is 0 Å². The third-order valence-electron chi connectivity index (χ3n) is 3.64. The van der Waals surface area contributed by atoms with Crippen LogP contribution >= 0.6 is 15.9 Å². The van der Waals surface area contributed by atoms with Gasteiger partial charge in [0.25, 0.3) is 0 Å². The molecule has 0 spiro atoms. The number of benzene rings is 1. The zero-order valence-corrected chi connectivity index (χ0v) is 14.6. The molecule has 0 saturated heterocycles. The Morgan fingerprint density at radius 1 is 1.19 bits per heavy atom. The fourth-order valence-electron chi connectivity index (χ4n) is 2.43. The first-order chi connectivity index (χ1) is 10.1. The Bertz CT molecular complexity index is 578. The molecule has 0 radical (unpaired) electrons. The first-order valence-corrected chi connectivity index (χ1v) is 8.30. The minimum atomic E-state index is 0.303. The van der Waals surface area contributed by atoms with E-state index in [1.54, 1.807) is 0 Å². The van der Waals surface area contributed by atoms with Crippen LogP contribution in [-0.2, 0) is 6.42 Å². The Kier molecular flexibility index (Phi) is 5.95. The number of nitrogens with one attached hydrogen (secondary N) is 1. The maximum Gasteiger partial charge on any atom is 0.0422 e. The monoisotopic (exact) mass is 346 g/mol. The molecule has 2 aromatic rings. The molecule has 1 N–H and O–H groups in total. The van der Waals surface area contributed by atoms with Crippen LogP contribution in [0.2, 0.25) is 0 Å². The Labute approximate surface area is 136 Å². The van der Waals surface area contributed by atoms with Gasteiger partial charge in [-0.15, -0.1) is 0 Å². The Hall–Kier alpha value is -1.19. The molecule has 2 rings (SSSR count). The molecule has 0 bridgehead atoms. The van der Waals surface area contributed by atoms with E-state index < -0.39 is 0 Å². The molecule has 0 aliphatic heterocycles. The highest BCUT2D eigenvalue weighted by Gasteiger charge is 2.15. The first kappa shape index (κ1) is 16.2. The lowest BCUT2D eigenvalue weighted by atomic mass is 9.97. The summed E-state index contributed by atoms with van der Waals surface area (Å²) in [5.41, 5.74) is 5.00. The van der Waals surface area contributed by atoms with Gasteiger partial charge in [0.1, 0.15) is 0 Å². The van der Waals surface area contributed by atoms with Crippen LogP contribution in [0.3, 0.4) is 0 Å². The van der Waals surface area contributed by atoms with Crippen molar-refractivity contribution in [2.75, 3.05) is 6.54 Å². The Morgan fingerprint density at radius 3 is 2.67 bits per heavy atom. The van der Waals surface area contributed by atoms with Crippen molar-refractivity contribution in [3.63, 3.8) is 0 Å². The molecule has 3 heteroatoms. The number of rotatable bonds is 6. The van der Waals surface area contributed by atoms with Crippen LogP contribution in [-0.4, -0.2) is 11.5 Å². The smallest absolute Gasteiger partial charge is 0.0422 e. The van der Waals surface area contributed by atoms with Crippen LogP contribution in [0, 0.1) is 13.8 Å². The van der Waals surface area contributed by atoms with Crippen molar-refractivity contribution in [1.82, 2.24) is 10.3 Å². The number of hydrogen-bond donors (Lipinski definition) is 1. The van der Waals surface area contributed by atoms with Crippen molar-refractivity contribution < 1.29 is 0 Å². The third-order valence-corrected chi connectivity index (χ3v) is 4.14. The Morgan fingerprint density at radius 2 is 2.00 bits per heavy atom. The summed E-state index contributed by atoms with van der Waals surface area (Å²) in [5.74, 6) is 0. The average Bonchev–Trinajstić information content (AvgIpc) is 2.48. The van der Waals surface area contributed by atoms with Crippen LogP contribution in [0.4, 0.5) is 0 Å². The lowest BCUT2D eigenvalue weighted by molar-refractivity contribution is 0.522. The number of hydrogen-bond acceptors (Lipinski definition) is 2. The van der Waals surface area contributed by atoms with Crippen LogP contribution in [0.15, 0.2) is 41.0 Å². The van der Waals surface area contributed by atoms with E-state index in [4.69, 9.17) is 0 Å². The topological polar surface area (TPSA) is 24.9 Å². The zero-order valence-electron chi connectivity index (χ0n) is 13.0. The largest absolute Gasteiger partial charge is 0.310 e. The summed E-state index contributed by atoms with van der Waals surface area (Å²) in [6, 6.07) is 11.0. The maximum absolute atomic E-state index is 4.55. The van der Waals surface area contributed by atoms with E-state index in [0.29, 0.717) is 6.04 Å². The molecular formula is C18H23BrN2. The maximum atomic E-state index is 4.55. The highest BCUT2D eigenvalue weighted by atomic mass is 79.9. The van der Waals surface area contributed by atoms with Gasteiger partial charge in [-0.2, -0.15) is 0 Å². The summed E-state index contributed by atoms with van der Waals surface area (Å²) < 4.78 is 1.13. The van der Waals surface area contributed by atoms with Gasteiger partial charge in [-0.1, -0.05) is 35.0 Å². The SMILES string of the molecule is CCCNC(Cc1ccc(C)cn1)c1cc(Br)ccc1C. The molecule has 112 valence electrons. The molecule has 1 atom stereocenters. The van der Waals surface area contributed by atoms with Crippen molar-refractivity contribution in [1.29, 1.82) is 0 Å². The van der Waals surface area contributed by atoms with E-state index in [2.05, 4.69) is 77.3 Å². The number of halogens is 1. The number of aromatic nitrogens is 1. The summed E-state index contributed by atoms with van der Waals surface area (Å²) >= 11 is 3.58. The quantitative estimate of drug-likeness (QED) is 0.816. The first-order valence-electron chi connectivity index (χ1n) is 7.51. The normalized spacial score (nSPS) is 12.4. The van der Waals surface area contributed by atoms with Crippen LogP contribution in [0.1, 0.15) is 41.8 Å². The third kappa shape index (κ3) is 4.65. The predicted octanol–water partition coefficient (Wildman–Crippen LogP) is 4.74. The van der Waals surface area contributed by atoms with Gasteiger partial charge in [0, 0.05) is 28.8 Å². The van der Waals surface area contributed by atoms with Crippen molar-refractivity contribution in [3.05, 3.63) is 63.4 Å². The molecular weight excluding hydrogens is 324 g/mol. The number of aryl methyl sites for hydroxylation is 2. The molecule has 1 heterocycles. The summed E-state index contributed by atoms with van der Waals surface area (Å²) in [4.78, 5) is 4.55. The fourth-order valence-corrected chi connectivity index (χ4v) is 2.80. The number of pyridine rings is 1. The van der Waals surface area contributed by atoms with Crippen molar-refractivity contribution >= 4 is 15.9 Å². The van der Waals surface area contributed by atoms with Crippen molar-refractivity contribution in [2.24, 2.45) is 0 Å². The molecule has 2 nitrogen and oxygen atoms in total. The van der Waals surface area contributed by atoms with E-state index in [1.807, 2.05) is 6.20 Å². The van der Waals surface area contributed by atoms with Gasteiger partial charge in [-0.25, -0.2) is 0 Å². The molecule has 0 fully saturated rings. The summed E-state index contributed by atoms with van der Waals surface area (Å²) in [6.07, 6.45) is 3.99. The van der Waals surface area contributed by atoms with Crippen LogP contribution < -0.4 is 5.32 Å². The molecule has 0 saturated carbocycles. The standard InChI is InChI=1S/C18H23BrN2/c1-4-9-20-18(11-16-8-5-13(2)12-21-16)17-10-15(19)7-6-14(17)3/h5-8,10,12,18,20H,4,9,11H2,1-3H3. The lowest BCUT2D eigenvalue weighted by Crippen LogP contribution is -2.25. The van der Waals surface area contributed by atoms with Gasteiger partial charge in [0.15, 0.2) is 0 Å². The molecule has 0 aliphatic rings. The summed E-state index contributed by atoms with van der Waals surface area (Å²) in [6.45, 7) is 7.46. The molecule has 0 amide bonds. The molecule has 1 unspecified atom stereocenters. The zero-order chi connectivity index (χ0) is 15.2. The fraction of sp³-hybridized carbons (Fsp3) is 0.389. The highest BCUT2D eigenvalue weighted by Crippen LogP contribution is 2.25. The van der Waals surface area contributed by atoms with Crippen molar-refractivity contribution in [2.45, 2.75) is 39.7 Å². The minimum absolute atomic E-state index is 0.303. The average molecular weight is 347 g/mol. The van der Waals surface area contributed by atoms with Gasteiger partial charge >= 0.3 is 0 Å². The molecule has 1 aromatic carbocycles. The summed E-state index contributed by atoms with van der Waals surface area (Å²) in [5, 5.41) is 3.66. The van der Waals surface area contributed by atoms with E-state index in [1.165, 1.54) is 16.7 Å². The summed E-state index contributed by atoms with van der Waals surface area (Å²) in [7, 11) is 0. The highest BCUT2D eigenvalue weighted by molar-refractivity contribution is 9.10. The van der Waals surface area contributed by atoms with Crippen molar-refractivity contribution in [3.8, 4) is 0 Å². The van der Waals surface area contributed by atoms with E-state index >= 15 is 0 Å². The second kappa shape index (κ2) is 7.71. The predicted molar refractivity (Wildman–Crippen MR) is 92.6 cm³/mol. The minimum Gasteiger partial charge on any atom is -0.310 e. The van der Waals surface area contributed by atoms with Crippen LogP contribution in [0.5, 0.6) is 0 Å². The molecule has 1 aromatic heterocycles. The van der Waals surface area contributed by atoms with Gasteiger partial charge < -0.3 is 5.32 Å². The molecule has 21 heavy (non-hydrogen) atoms. The van der Waals surface area contributed by atoms with Crippen LogP contribution in [0.25, 0.3) is 0 Å². The lowest BCUT2D eigenvalue weighted by Gasteiger charge is -2.21. The van der Waals surface area contributed by atoms with Gasteiger partial charge in [0.2, 0.25) is 0 Å². The van der Waals surface area contributed by atoms with E-state index in [0.717, 1.165) is 29.6 Å². The molecule has 0 aliphatic carbocycles. The van der Waals surface area contributed by atoms with Gasteiger partial charge in [-0.3, -0.25) is 4.98 Å². The van der Waals surface area contributed by atoms with Gasteiger partial charge in [0.05, 0.1) is 0 Å². The second-order valence-corrected chi connectivity index (χ2v) is 6.45. The van der Waals surface area contributed by atoms with Gasteiger partial charge in [-0.05, 0) is 61.7 Å². The Balaban J connectivity index is 2.25. The van der Waals surface area contributed by atoms with E-state index in [-0.39, 0.29) is 0 Å². The number of nitrogens with zero attached hydrogens (tertiary/aromatic N) is 1. The second-order valence-electron chi connectivity index (χ2n) is 5.54.